The minimum absolute atomic E-state index is 0. The topological polar surface area (TPSA) is 76.4 Å². The van der Waals surface area contributed by atoms with E-state index in [4.69, 9.17) is 4.74 Å². The third-order valence-corrected chi connectivity index (χ3v) is 3.96. The van der Waals surface area contributed by atoms with Crippen LogP contribution < -0.4 is 10.6 Å². The molecule has 0 saturated heterocycles. The monoisotopic (exact) mass is 436 g/mol. The smallest absolute Gasteiger partial charge is 0.191 e. The molecule has 1 fully saturated rings. The molecule has 1 aromatic heterocycles. The zero-order valence-corrected chi connectivity index (χ0v) is 16.5. The molecule has 0 radical (unpaired) electrons. The SMILES string of the molecule is CN=C(NCCCOC1CCCCC1)NCc1nncn1C.I. The van der Waals surface area contributed by atoms with Crippen molar-refractivity contribution in [3.8, 4) is 0 Å². The van der Waals surface area contributed by atoms with Gasteiger partial charge in [0.15, 0.2) is 11.8 Å². The maximum Gasteiger partial charge on any atom is 0.191 e. The molecule has 0 atom stereocenters. The molecule has 0 amide bonds. The van der Waals surface area contributed by atoms with Gasteiger partial charge >= 0.3 is 0 Å². The van der Waals surface area contributed by atoms with Gasteiger partial charge in [0.2, 0.25) is 0 Å². The lowest BCUT2D eigenvalue weighted by molar-refractivity contribution is 0.0277. The molecule has 1 aliphatic rings. The molecule has 7 nitrogen and oxygen atoms in total. The van der Waals surface area contributed by atoms with Crippen LogP contribution >= 0.6 is 24.0 Å². The summed E-state index contributed by atoms with van der Waals surface area (Å²) in [5, 5.41) is 14.4. The van der Waals surface area contributed by atoms with Crippen LogP contribution in [0.15, 0.2) is 11.3 Å². The first-order valence-electron chi connectivity index (χ1n) is 8.18. The molecular weight excluding hydrogens is 407 g/mol. The van der Waals surface area contributed by atoms with E-state index in [0.29, 0.717) is 12.6 Å². The highest BCUT2D eigenvalue weighted by atomic mass is 127. The second kappa shape index (κ2) is 11.6. The van der Waals surface area contributed by atoms with E-state index in [1.54, 1.807) is 13.4 Å². The first kappa shape index (κ1) is 20.1. The van der Waals surface area contributed by atoms with Gasteiger partial charge in [0.05, 0.1) is 12.6 Å². The first-order valence-corrected chi connectivity index (χ1v) is 8.18. The predicted octanol–water partition coefficient (Wildman–Crippen LogP) is 1.84. The maximum atomic E-state index is 5.91. The normalized spacial score (nSPS) is 16.0. The lowest BCUT2D eigenvalue weighted by atomic mass is 9.98. The average Bonchev–Trinajstić information content (AvgIpc) is 2.96. The fourth-order valence-electron chi connectivity index (χ4n) is 2.61. The highest BCUT2D eigenvalue weighted by Gasteiger charge is 2.12. The van der Waals surface area contributed by atoms with Crippen molar-refractivity contribution in [1.29, 1.82) is 0 Å². The molecule has 0 aromatic carbocycles. The van der Waals surface area contributed by atoms with Gasteiger partial charge in [-0.2, -0.15) is 0 Å². The van der Waals surface area contributed by atoms with E-state index >= 15 is 0 Å². The van der Waals surface area contributed by atoms with Crippen molar-refractivity contribution in [3.05, 3.63) is 12.2 Å². The van der Waals surface area contributed by atoms with Gasteiger partial charge in [-0.05, 0) is 19.3 Å². The van der Waals surface area contributed by atoms with E-state index in [1.807, 2.05) is 11.6 Å². The highest BCUT2D eigenvalue weighted by Crippen LogP contribution is 2.20. The van der Waals surface area contributed by atoms with Gasteiger partial charge < -0.3 is 19.9 Å². The number of nitrogens with zero attached hydrogens (tertiary/aromatic N) is 4. The standard InChI is InChI=1S/C15H28N6O.HI/c1-16-15(18-11-14-20-19-12-21(14)2)17-9-6-10-22-13-7-4-3-5-8-13;/h12-13H,3-11H2,1-2H3,(H2,16,17,18);1H. The van der Waals surface area contributed by atoms with Crippen molar-refractivity contribution in [1.82, 2.24) is 25.4 Å². The molecule has 2 rings (SSSR count). The fraction of sp³-hybridized carbons (Fsp3) is 0.800. The van der Waals surface area contributed by atoms with E-state index in [1.165, 1.54) is 32.1 Å². The number of hydrogen-bond acceptors (Lipinski definition) is 4. The van der Waals surface area contributed by atoms with Crippen molar-refractivity contribution in [3.63, 3.8) is 0 Å². The third-order valence-electron chi connectivity index (χ3n) is 3.96. The van der Waals surface area contributed by atoms with E-state index in [2.05, 4.69) is 25.8 Å². The van der Waals surface area contributed by atoms with Crippen LogP contribution in [0.1, 0.15) is 44.3 Å². The number of aliphatic imine (C=N–C) groups is 1. The van der Waals surface area contributed by atoms with E-state index in [9.17, 15) is 0 Å². The summed E-state index contributed by atoms with van der Waals surface area (Å²) in [7, 11) is 3.69. The number of aryl methyl sites for hydroxylation is 1. The van der Waals surface area contributed by atoms with Crippen LogP contribution in [0.2, 0.25) is 0 Å². The van der Waals surface area contributed by atoms with E-state index in [-0.39, 0.29) is 24.0 Å². The van der Waals surface area contributed by atoms with Gasteiger partial charge in [-0.25, -0.2) is 0 Å². The van der Waals surface area contributed by atoms with Crippen LogP contribution in [-0.4, -0.2) is 47.0 Å². The summed E-state index contributed by atoms with van der Waals surface area (Å²) in [6.45, 7) is 2.28. The lowest BCUT2D eigenvalue weighted by Gasteiger charge is -2.22. The predicted molar refractivity (Wildman–Crippen MR) is 102 cm³/mol. The van der Waals surface area contributed by atoms with Gasteiger partial charge in [0.1, 0.15) is 6.33 Å². The van der Waals surface area contributed by atoms with Crippen LogP contribution in [0, 0.1) is 0 Å². The Hall–Kier alpha value is -0.900. The molecule has 0 spiro atoms. The summed E-state index contributed by atoms with van der Waals surface area (Å²) in [6.07, 6.45) is 9.64. The van der Waals surface area contributed by atoms with Crippen LogP contribution in [0.5, 0.6) is 0 Å². The largest absolute Gasteiger partial charge is 0.378 e. The summed E-state index contributed by atoms with van der Waals surface area (Å²) in [6, 6.07) is 0. The zero-order chi connectivity index (χ0) is 15.6. The number of ether oxygens (including phenoxy) is 1. The number of aromatic nitrogens is 3. The summed E-state index contributed by atoms with van der Waals surface area (Å²) >= 11 is 0. The van der Waals surface area contributed by atoms with Crippen LogP contribution in [0.25, 0.3) is 0 Å². The van der Waals surface area contributed by atoms with Gasteiger partial charge in [-0.1, -0.05) is 19.3 Å². The van der Waals surface area contributed by atoms with E-state index in [0.717, 1.165) is 31.4 Å². The molecule has 1 aromatic rings. The Morgan fingerprint density at radius 2 is 2.13 bits per heavy atom. The Kier molecular flexibility index (Phi) is 10.2. The third kappa shape index (κ3) is 7.47. The second-order valence-electron chi connectivity index (χ2n) is 5.69. The van der Waals surface area contributed by atoms with Crippen molar-refractivity contribution in [2.45, 2.75) is 51.2 Å². The number of nitrogens with one attached hydrogen (secondary N) is 2. The van der Waals surface area contributed by atoms with Crippen LogP contribution in [0.4, 0.5) is 0 Å². The van der Waals surface area contributed by atoms with Crippen molar-refractivity contribution in [2.75, 3.05) is 20.2 Å². The molecule has 8 heteroatoms. The summed E-state index contributed by atoms with van der Waals surface area (Å²) in [5.41, 5.74) is 0. The summed E-state index contributed by atoms with van der Waals surface area (Å²) in [4.78, 5) is 4.20. The highest BCUT2D eigenvalue weighted by molar-refractivity contribution is 14.0. The zero-order valence-electron chi connectivity index (χ0n) is 14.1. The van der Waals surface area contributed by atoms with Crippen LogP contribution in [-0.2, 0) is 18.3 Å². The summed E-state index contributed by atoms with van der Waals surface area (Å²) in [5.74, 6) is 1.66. The minimum atomic E-state index is 0. The Bertz CT molecular complexity index is 459. The molecule has 0 aliphatic heterocycles. The lowest BCUT2D eigenvalue weighted by Crippen LogP contribution is -2.38. The Morgan fingerprint density at radius 1 is 1.35 bits per heavy atom. The Labute approximate surface area is 155 Å². The van der Waals surface area contributed by atoms with Gasteiger partial charge in [-0.15, -0.1) is 34.2 Å². The fourth-order valence-corrected chi connectivity index (χ4v) is 2.61. The number of halogens is 1. The molecular formula is C15H29IN6O. The van der Waals surface area contributed by atoms with Crippen molar-refractivity contribution < 1.29 is 4.74 Å². The van der Waals surface area contributed by atoms with Gasteiger partial charge in [0.25, 0.3) is 0 Å². The number of rotatable bonds is 7. The molecule has 0 bridgehead atoms. The summed E-state index contributed by atoms with van der Waals surface area (Å²) < 4.78 is 7.80. The molecule has 23 heavy (non-hydrogen) atoms. The Morgan fingerprint density at radius 3 is 2.78 bits per heavy atom. The first-order chi connectivity index (χ1) is 10.8. The molecule has 1 heterocycles. The van der Waals surface area contributed by atoms with Gasteiger partial charge in [-0.3, -0.25) is 4.99 Å². The average molecular weight is 436 g/mol. The van der Waals surface area contributed by atoms with Crippen molar-refractivity contribution >= 4 is 29.9 Å². The second-order valence-corrected chi connectivity index (χ2v) is 5.69. The molecule has 1 saturated carbocycles. The van der Waals surface area contributed by atoms with Crippen molar-refractivity contribution in [2.24, 2.45) is 12.0 Å². The number of guanidine groups is 1. The minimum Gasteiger partial charge on any atom is -0.378 e. The Balaban J connectivity index is 0.00000264. The van der Waals surface area contributed by atoms with E-state index < -0.39 is 0 Å². The molecule has 2 N–H and O–H groups in total. The van der Waals surface area contributed by atoms with Gasteiger partial charge in [0, 0.05) is 27.2 Å². The molecule has 1 aliphatic carbocycles. The molecule has 0 unspecified atom stereocenters. The molecule has 132 valence electrons. The maximum absolute atomic E-state index is 5.91. The quantitative estimate of drug-likeness (QED) is 0.295. The van der Waals surface area contributed by atoms with Crippen LogP contribution in [0.3, 0.4) is 0 Å². The number of hydrogen-bond donors (Lipinski definition) is 2.